The van der Waals surface area contributed by atoms with Gasteiger partial charge in [0.05, 0.1) is 11.8 Å². The Morgan fingerprint density at radius 1 is 1.15 bits per heavy atom. The van der Waals surface area contributed by atoms with Crippen LogP contribution in [0, 0.1) is 11.3 Å². The van der Waals surface area contributed by atoms with Crippen LogP contribution in [0.3, 0.4) is 0 Å². The van der Waals surface area contributed by atoms with Crippen LogP contribution in [0.1, 0.15) is 57.3 Å². The number of aromatic nitrogens is 1. The maximum Gasteiger partial charge on any atom is 0.251 e. The highest BCUT2D eigenvalue weighted by Gasteiger charge is 2.52. The first-order chi connectivity index (χ1) is 19.5. The number of hydrogen-bond acceptors (Lipinski definition) is 8. The number of thiazole rings is 1. The Labute approximate surface area is 247 Å². The van der Waals surface area contributed by atoms with Gasteiger partial charge in [-0.3, -0.25) is 14.4 Å². The van der Waals surface area contributed by atoms with Crippen molar-refractivity contribution >= 4 is 34.1 Å². The number of Topliss-reactive ketones (excluding diaryl/α,β-unsaturated/α-hetero) is 1. The van der Waals surface area contributed by atoms with Gasteiger partial charge in [-0.2, -0.15) is 0 Å². The molecule has 1 aromatic carbocycles. The standard InChI is InChI=1S/C31H43N5O4S/c1-6-7-22-17-36(26-25(37)18-40-27(22)26)29(39)23(16-31(2,3)4)32-28(38)21-10-8-20(9-11-21)24-19-41-30(33-24)35-14-12-34(5)13-15-35/h8-11,19,22-23,26-27H,6-7,12-18H2,1-5H3,(H,32,38)/t22-,23?,26+,27+/m0/s1. The lowest BCUT2D eigenvalue weighted by molar-refractivity contribution is -0.138. The van der Waals surface area contributed by atoms with Gasteiger partial charge >= 0.3 is 0 Å². The third-order valence-corrected chi connectivity index (χ3v) is 9.26. The van der Waals surface area contributed by atoms with Crippen LogP contribution in [0.4, 0.5) is 5.13 Å². The zero-order chi connectivity index (χ0) is 29.3. The first-order valence-corrected chi connectivity index (χ1v) is 15.7. The van der Waals surface area contributed by atoms with E-state index in [4.69, 9.17) is 9.72 Å². The van der Waals surface area contributed by atoms with Crippen molar-refractivity contribution in [3.8, 4) is 11.3 Å². The second kappa shape index (κ2) is 12.2. The topological polar surface area (TPSA) is 95.1 Å². The number of carbonyl (C=O) groups is 3. The molecule has 1 N–H and O–H groups in total. The van der Waals surface area contributed by atoms with E-state index in [0.29, 0.717) is 18.5 Å². The van der Waals surface area contributed by atoms with Crippen LogP contribution in [0.2, 0.25) is 0 Å². The van der Waals surface area contributed by atoms with E-state index >= 15 is 0 Å². The van der Waals surface area contributed by atoms with E-state index < -0.39 is 12.1 Å². The Kier molecular flexibility index (Phi) is 8.82. The summed E-state index contributed by atoms with van der Waals surface area (Å²) < 4.78 is 5.81. The van der Waals surface area contributed by atoms with Crippen molar-refractivity contribution in [2.45, 2.75) is 65.1 Å². The molecule has 0 radical (unpaired) electrons. The molecule has 0 aliphatic carbocycles. The van der Waals surface area contributed by atoms with Crippen LogP contribution >= 0.6 is 11.3 Å². The number of nitrogens with zero attached hydrogens (tertiary/aromatic N) is 4. The molecule has 4 heterocycles. The molecule has 3 aliphatic rings. The summed E-state index contributed by atoms with van der Waals surface area (Å²) in [5.41, 5.74) is 2.12. The van der Waals surface area contributed by atoms with Crippen LogP contribution in [-0.2, 0) is 14.3 Å². The number of fused-ring (bicyclic) bond motifs is 1. The van der Waals surface area contributed by atoms with E-state index in [0.717, 1.165) is 55.4 Å². The molecule has 3 aliphatic heterocycles. The molecule has 3 saturated heterocycles. The molecule has 222 valence electrons. The number of carbonyl (C=O) groups excluding carboxylic acids is 3. The molecule has 0 spiro atoms. The summed E-state index contributed by atoms with van der Waals surface area (Å²) in [4.78, 5) is 51.2. The molecule has 2 aromatic rings. The van der Waals surface area contributed by atoms with E-state index in [1.165, 1.54) is 0 Å². The first-order valence-electron chi connectivity index (χ1n) is 14.8. The number of nitrogens with one attached hydrogen (secondary N) is 1. The van der Waals surface area contributed by atoms with Crippen molar-refractivity contribution in [2.24, 2.45) is 11.3 Å². The molecule has 41 heavy (non-hydrogen) atoms. The van der Waals surface area contributed by atoms with Gasteiger partial charge in [-0.25, -0.2) is 4.98 Å². The molecule has 0 saturated carbocycles. The highest BCUT2D eigenvalue weighted by atomic mass is 32.1. The third-order valence-electron chi connectivity index (χ3n) is 8.36. The van der Waals surface area contributed by atoms with Crippen molar-refractivity contribution in [3.63, 3.8) is 0 Å². The Morgan fingerprint density at radius 3 is 2.51 bits per heavy atom. The number of rotatable bonds is 8. The molecular weight excluding hydrogens is 538 g/mol. The zero-order valence-corrected chi connectivity index (χ0v) is 25.7. The Bertz CT molecular complexity index is 1250. The van der Waals surface area contributed by atoms with Crippen molar-refractivity contribution in [3.05, 3.63) is 35.2 Å². The van der Waals surface area contributed by atoms with E-state index in [1.54, 1.807) is 28.4 Å². The molecule has 4 atom stereocenters. The van der Waals surface area contributed by atoms with Gasteiger partial charge in [-0.15, -0.1) is 11.3 Å². The molecule has 9 nitrogen and oxygen atoms in total. The van der Waals surface area contributed by atoms with Gasteiger partial charge in [0.2, 0.25) is 5.91 Å². The largest absolute Gasteiger partial charge is 0.367 e. The molecule has 3 fully saturated rings. The minimum Gasteiger partial charge on any atom is -0.367 e. The summed E-state index contributed by atoms with van der Waals surface area (Å²) in [5.74, 6) is -0.403. The average Bonchev–Trinajstić information content (AvgIpc) is 3.66. The van der Waals surface area contributed by atoms with E-state index in [-0.39, 0.29) is 41.6 Å². The van der Waals surface area contributed by atoms with E-state index in [1.807, 2.05) is 12.1 Å². The third kappa shape index (κ3) is 6.65. The summed E-state index contributed by atoms with van der Waals surface area (Å²) in [6.07, 6.45) is 2.08. The van der Waals surface area contributed by atoms with Gasteiger partial charge in [0.1, 0.15) is 18.7 Å². The summed E-state index contributed by atoms with van der Waals surface area (Å²) >= 11 is 1.64. The second-order valence-electron chi connectivity index (χ2n) is 12.9. The fraction of sp³-hybridized carbons (Fsp3) is 0.613. The number of likely N-dealkylation sites (tertiary alicyclic amines) is 1. The van der Waals surface area contributed by atoms with Gasteiger partial charge < -0.3 is 24.8 Å². The van der Waals surface area contributed by atoms with Crippen LogP contribution in [0.25, 0.3) is 11.3 Å². The minimum absolute atomic E-state index is 0.0452. The summed E-state index contributed by atoms with van der Waals surface area (Å²) in [5, 5.41) is 6.09. The molecular formula is C31H43N5O4S. The van der Waals surface area contributed by atoms with Gasteiger partial charge in [-0.1, -0.05) is 46.2 Å². The van der Waals surface area contributed by atoms with Gasteiger partial charge in [0, 0.05) is 55.1 Å². The smallest absolute Gasteiger partial charge is 0.251 e. The van der Waals surface area contributed by atoms with Crippen molar-refractivity contribution in [2.75, 3.05) is 51.3 Å². The summed E-state index contributed by atoms with van der Waals surface area (Å²) in [6.45, 7) is 12.8. The van der Waals surface area contributed by atoms with Gasteiger partial charge in [-0.05, 0) is 37.4 Å². The van der Waals surface area contributed by atoms with Crippen LogP contribution in [-0.4, -0.2) is 96.9 Å². The van der Waals surface area contributed by atoms with E-state index in [2.05, 4.69) is 55.2 Å². The lowest BCUT2D eigenvalue weighted by Crippen LogP contribution is -2.53. The van der Waals surface area contributed by atoms with Gasteiger partial charge in [0.15, 0.2) is 10.9 Å². The Morgan fingerprint density at radius 2 is 1.85 bits per heavy atom. The van der Waals surface area contributed by atoms with Crippen molar-refractivity contribution in [1.29, 1.82) is 0 Å². The lowest BCUT2D eigenvalue weighted by atomic mass is 9.87. The highest BCUT2D eigenvalue weighted by molar-refractivity contribution is 7.14. The quantitative estimate of drug-likeness (QED) is 0.508. The second-order valence-corrected chi connectivity index (χ2v) is 13.7. The first kappa shape index (κ1) is 29.7. The fourth-order valence-electron chi connectivity index (χ4n) is 6.19. The molecule has 5 rings (SSSR count). The summed E-state index contributed by atoms with van der Waals surface area (Å²) in [7, 11) is 2.14. The maximum absolute atomic E-state index is 13.9. The summed E-state index contributed by atoms with van der Waals surface area (Å²) in [6, 6.07) is 6.11. The normalized spacial score (nSPS) is 24.0. The number of benzene rings is 1. The minimum atomic E-state index is -0.735. The SMILES string of the molecule is CCC[C@H]1CN(C(=O)C(CC(C)(C)C)NC(=O)c2ccc(-c3csc(N4CCN(C)CC4)n3)cc2)[C@@H]2C(=O)CO[C@H]12. The number of anilines is 1. The number of ether oxygens (including phenoxy) is 1. The lowest BCUT2D eigenvalue weighted by Gasteiger charge is -2.32. The Hall–Kier alpha value is -2.82. The maximum atomic E-state index is 13.9. The highest BCUT2D eigenvalue weighted by Crippen LogP contribution is 2.35. The number of likely N-dealkylation sites (N-methyl/N-ethyl adjacent to an activating group) is 1. The molecule has 2 amide bonds. The van der Waals surface area contributed by atoms with Crippen molar-refractivity contribution in [1.82, 2.24) is 20.1 Å². The monoisotopic (exact) mass is 581 g/mol. The predicted molar refractivity (Wildman–Crippen MR) is 161 cm³/mol. The molecule has 1 unspecified atom stereocenters. The van der Waals surface area contributed by atoms with Crippen LogP contribution in [0.5, 0.6) is 0 Å². The van der Waals surface area contributed by atoms with Crippen molar-refractivity contribution < 1.29 is 19.1 Å². The zero-order valence-electron chi connectivity index (χ0n) is 24.9. The van der Waals surface area contributed by atoms with Crippen LogP contribution < -0.4 is 10.2 Å². The number of hydrogen-bond donors (Lipinski definition) is 1. The fourth-order valence-corrected chi connectivity index (χ4v) is 7.08. The number of amides is 2. The predicted octanol–water partition coefficient (Wildman–Crippen LogP) is 3.69. The van der Waals surface area contributed by atoms with E-state index in [9.17, 15) is 14.4 Å². The number of ketones is 1. The molecule has 0 bridgehead atoms. The van der Waals surface area contributed by atoms with Gasteiger partial charge in [0.25, 0.3) is 5.91 Å². The Balaban J connectivity index is 1.28. The van der Waals surface area contributed by atoms with Crippen LogP contribution in [0.15, 0.2) is 29.6 Å². The molecule has 1 aromatic heterocycles. The average molecular weight is 582 g/mol. The molecule has 10 heteroatoms. The number of piperazine rings is 1.